The van der Waals surface area contributed by atoms with Gasteiger partial charge in [-0.25, -0.2) is 4.79 Å². The van der Waals surface area contributed by atoms with Crippen molar-refractivity contribution in [3.8, 4) is 0 Å². The molecule has 112 valence electrons. The van der Waals surface area contributed by atoms with Crippen molar-refractivity contribution in [1.29, 1.82) is 0 Å². The van der Waals surface area contributed by atoms with Crippen molar-refractivity contribution >= 4 is 17.9 Å². The van der Waals surface area contributed by atoms with Crippen LogP contribution in [0.2, 0.25) is 0 Å². The zero-order valence-corrected chi connectivity index (χ0v) is 11.0. The van der Waals surface area contributed by atoms with Crippen molar-refractivity contribution in [2.75, 3.05) is 19.6 Å². The van der Waals surface area contributed by atoms with E-state index in [2.05, 4.69) is 10.6 Å². The summed E-state index contributed by atoms with van der Waals surface area (Å²) in [6, 6.07) is -0.963. The summed E-state index contributed by atoms with van der Waals surface area (Å²) in [4.78, 5) is 35.8. The third-order valence-corrected chi connectivity index (χ3v) is 3.81. The Kier molecular flexibility index (Phi) is 4.43. The van der Waals surface area contributed by atoms with Gasteiger partial charge in [0.15, 0.2) is 6.10 Å². The summed E-state index contributed by atoms with van der Waals surface area (Å²) in [5.74, 6) is -1.01. The van der Waals surface area contributed by atoms with Crippen molar-refractivity contribution in [1.82, 2.24) is 15.5 Å². The second kappa shape index (κ2) is 6.08. The second-order valence-corrected chi connectivity index (χ2v) is 5.19. The highest BCUT2D eigenvalue weighted by Crippen LogP contribution is 2.19. The normalized spacial score (nSPS) is 24.6. The van der Waals surface area contributed by atoms with E-state index in [1.54, 1.807) is 0 Å². The summed E-state index contributed by atoms with van der Waals surface area (Å²) < 4.78 is 0. The van der Waals surface area contributed by atoms with Crippen molar-refractivity contribution in [3.05, 3.63) is 0 Å². The van der Waals surface area contributed by atoms with Gasteiger partial charge in [0.2, 0.25) is 5.91 Å². The SMILES string of the molecule is O=C(O)N[C@@H](CC1CCNC1=O)C(O)C(=O)N1CCC1. The van der Waals surface area contributed by atoms with Gasteiger partial charge in [-0.3, -0.25) is 9.59 Å². The summed E-state index contributed by atoms with van der Waals surface area (Å²) in [6.45, 7) is 1.71. The van der Waals surface area contributed by atoms with Gasteiger partial charge in [0.05, 0.1) is 6.04 Å². The number of likely N-dealkylation sites (tertiary alicyclic amines) is 1. The maximum Gasteiger partial charge on any atom is 0.404 e. The Labute approximate surface area is 116 Å². The molecule has 0 aromatic rings. The van der Waals surface area contributed by atoms with Crippen LogP contribution in [0.25, 0.3) is 0 Å². The second-order valence-electron chi connectivity index (χ2n) is 5.19. The fourth-order valence-corrected chi connectivity index (χ4v) is 2.50. The number of rotatable bonds is 5. The zero-order chi connectivity index (χ0) is 14.7. The van der Waals surface area contributed by atoms with Gasteiger partial charge >= 0.3 is 6.09 Å². The number of aliphatic hydroxyl groups is 1. The molecule has 2 aliphatic rings. The van der Waals surface area contributed by atoms with Crippen LogP contribution in [0.1, 0.15) is 19.3 Å². The predicted octanol–water partition coefficient (Wildman–Crippen LogP) is -1.26. The molecule has 8 heteroatoms. The van der Waals surface area contributed by atoms with Crippen molar-refractivity contribution in [3.63, 3.8) is 0 Å². The molecule has 0 aromatic heterocycles. The molecule has 2 heterocycles. The zero-order valence-electron chi connectivity index (χ0n) is 11.0. The molecule has 20 heavy (non-hydrogen) atoms. The lowest BCUT2D eigenvalue weighted by Crippen LogP contribution is -2.55. The largest absolute Gasteiger partial charge is 0.465 e. The number of nitrogens with one attached hydrogen (secondary N) is 2. The smallest absolute Gasteiger partial charge is 0.404 e. The topological polar surface area (TPSA) is 119 Å². The fourth-order valence-electron chi connectivity index (χ4n) is 2.50. The minimum absolute atomic E-state index is 0.124. The molecule has 2 unspecified atom stereocenters. The van der Waals surface area contributed by atoms with E-state index in [9.17, 15) is 19.5 Å². The first-order chi connectivity index (χ1) is 9.49. The predicted molar refractivity (Wildman–Crippen MR) is 67.9 cm³/mol. The number of hydrogen-bond donors (Lipinski definition) is 4. The summed E-state index contributed by atoms with van der Waals surface area (Å²) in [6.07, 6.45) is -1.16. The molecule has 0 bridgehead atoms. The Morgan fingerprint density at radius 1 is 1.45 bits per heavy atom. The molecule has 2 aliphatic heterocycles. The van der Waals surface area contributed by atoms with Crippen molar-refractivity contribution in [2.45, 2.75) is 31.4 Å². The highest BCUT2D eigenvalue weighted by atomic mass is 16.4. The molecule has 2 saturated heterocycles. The van der Waals surface area contributed by atoms with Gasteiger partial charge in [0.1, 0.15) is 0 Å². The molecule has 2 rings (SSSR count). The lowest BCUT2D eigenvalue weighted by atomic mass is 9.94. The molecule has 0 spiro atoms. The molecule has 0 aliphatic carbocycles. The summed E-state index contributed by atoms with van der Waals surface area (Å²) >= 11 is 0. The van der Waals surface area contributed by atoms with Gasteiger partial charge in [-0.2, -0.15) is 0 Å². The Morgan fingerprint density at radius 2 is 2.15 bits per heavy atom. The van der Waals surface area contributed by atoms with Crippen molar-refractivity contribution < 1.29 is 24.6 Å². The third kappa shape index (κ3) is 3.19. The Bertz CT molecular complexity index is 410. The van der Waals surface area contributed by atoms with Gasteiger partial charge in [-0.05, 0) is 19.3 Å². The molecule has 4 N–H and O–H groups in total. The highest BCUT2D eigenvalue weighted by molar-refractivity contribution is 5.84. The van der Waals surface area contributed by atoms with Gasteiger partial charge in [0.25, 0.3) is 5.91 Å². The van der Waals surface area contributed by atoms with Crippen LogP contribution in [-0.4, -0.2) is 64.8 Å². The standard InChI is InChI=1S/C12H19N3O5/c16-9(11(18)15-4-1-5-15)8(14-12(19)20)6-7-2-3-13-10(7)17/h7-9,14,16H,1-6H2,(H,13,17)(H,19,20)/t7?,8-,9?/m0/s1. The third-order valence-electron chi connectivity index (χ3n) is 3.81. The maximum atomic E-state index is 11.9. The highest BCUT2D eigenvalue weighted by Gasteiger charge is 2.37. The number of aliphatic hydroxyl groups excluding tert-OH is 1. The minimum atomic E-state index is -1.44. The summed E-state index contributed by atoms with van der Waals surface area (Å²) in [7, 11) is 0. The van der Waals surface area contributed by atoms with E-state index in [1.807, 2.05) is 0 Å². The molecule has 0 saturated carbocycles. The lowest BCUT2D eigenvalue weighted by Gasteiger charge is -2.35. The molecular formula is C12H19N3O5. The number of carboxylic acid groups (broad SMARTS) is 1. The number of carbonyl (C=O) groups is 3. The number of nitrogens with zero attached hydrogens (tertiary/aromatic N) is 1. The van der Waals surface area contributed by atoms with Crippen LogP contribution in [0.4, 0.5) is 4.79 Å². The Balaban J connectivity index is 1.99. The van der Waals surface area contributed by atoms with Crippen molar-refractivity contribution in [2.24, 2.45) is 5.92 Å². The van der Waals surface area contributed by atoms with Crippen LogP contribution in [0.3, 0.4) is 0 Å². The lowest BCUT2D eigenvalue weighted by molar-refractivity contribution is -0.145. The van der Waals surface area contributed by atoms with E-state index in [0.29, 0.717) is 26.1 Å². The van der Waals surface area contributed by atoms with Gasteiger partial charge in [-0.15, -0.1) is 0 Å². The number of hydrogen-bond acceptors (Lipinski definition) is 4. The first kappa shape index (κ1) is 14.6. The first-order valence-electron chi connectivity index (χ1n) is 6.73. The van der Waals surface area contributed by atoms with Crippen LogP contribution in [0.15, 0.2) is 0 Å². The average Bonchev–Trinajstić information content (AvgIpc) is 2.70. The fraction of sp³-hybridized carbons (Fsp3) is 0.750. The van der Waals surface area contributed by atoms with E-state index in [1.165, 1.54) is 4.90 Å². The summed E-state index contributed by atoms with van der Waals surface area (Å²) in [5, 5.41) is 23.7. The monoisotopic (exact) mass is 285 g/mol. The van der Waals surface area contributed by atoms with Crippen LogP contribution >= 0.6 is 0 Å². The Morgan fingerprint density at radius 3 is 2.60 bits per heavy atom. The average molecular weight is 285 g/mol. The van der Waals surface area contributed by atoms with E-state index in [4.69, 9.17) is 5.11 Å². The molecule has 2 fully saturated rings. The maximum absolute atomic E-state index is 11.9. The molecule has 0 radical (unpaired) electrons. The van der Waals surface area contributed by atoms with Crippen LogP contribution < -0.4 is 10.6 Å². The summed E-state index contributed by atoms with van der Waals surface area (Å²) in [5.41, 5.74) is 0. The number of carbonyl (C=O) groups excluding carboxylic acids is 2. The first-order valence-corrected chi connectivity index (χ1v) is 6.73. The van der Waals surface area contributed by atoms with Gasteiger partial charge in [-0.1, -0.05) is 0 Å². The molecule has 0 aromatic carbocycles. The molecule has 3 amide bonds. The minimum Gasteiger partial charge on any atom is -0.465 e. The molecule has 3 atom stereocenters. The van der Waals surface area contributed by atoms with Gasteiger partial charge in [0, 0.05) is 25.6 Å². The van der Waals surface area contributed by atoms with Crippen LogP contribution in [0.5, 0.6) is 0 Å². The Hall–Kier alpha value is -1.83. The van der Waals surface area contributed by atoms with Gasteiger partial charge < -0.3 is 25.7 Å². The molecule has 8 nitrogen and oxygen atoms in total. The van der Waals surface area contributed by atoms with E-state index >= 15 is 0 Å². The van der Waals surface area contributed by atoms with Crippen LogP contribution in [-0.2, 0) is 9.59 Å². The van der Waals surface area contributed by atoms with E-state index in [0.717, 1.165) is 6.42 Å². The molecular weight excluding hydrogens is 266 g/mol. The van der Waals surface area contributed by atoms with Crippen LogP contribution in [0, 0.1) is 5.92 Å². The van der Waals surface area contributed by atoms with E-state index < -0.39 is 24.1 Å². The number of amides is 3. The van der Waals surface area contributed by atoms with E-state index in [-0.39, 0.29) is 18.2 Å². The quantitative estimate of drug-likeness (QED) is 0.503.